The summed E-state index contributed by atoms with van der Waals surface area (Å²) < 4.78 is 23.0. The molecule has 1 aromatic heterocycles. The van der Waals surface area contributed by atoms with Crippen molar-refractivity contribution in [2.75, 3.05) is 50.8 Å². The van der Waals surface area contributed by atoms with Gasteiger partial charge in [0.2, 0.25) is 5.13 Å². The highest BCUT2D eigenvalue weighted by Crippen LogP contribution is 2.28. The van der Waals surface area contributed by atoms with Gasteiger partial charge in [0.25, 0.3) is 0 Å². The van der Waals surface area contributed by atoms with E-state index in [1.54, 1.807) is 12.1 Å². The number of ether oxygens (including phenoxy) is 1. The quantitative estimate of drug-likeness (QED) is 0.803. The molecule has 2 aliphatic heterocycles. The highest BCUT2D eigenvalue weighted by Gasteiger charge is 2.24. The summed E-state index contributed by atoms with van der Waals surface area (Å²) in [6.45, 7) is 6.72. The fourth-order valence-electron chi connectivity index (χ4n) is 3.58. The van der Waals surface area contributed by atoms with Gasteiger partial charge in [-0.15, -0.1) is 0 Å². The molecule has 2 saturated heterocycles. The Hall–Kier alpha value is -1.57. The zero-order valence-electron chi connectivity index (χ0n) is 14.9. The van der Waals surface area contributed by atoms with Gasteiger partial charge in [0.1, 0.15) is 11.6 Å². The molecule has 2 aliphatic rings. The van der Waals surface area contributed by atoms with Gasteiger partial charge in [-0.05, 0) is 37.0 Å². The smallest absolute Gasteiger partial charge is 0.205 e. The Morgan fingerprint density at radius 2 is 1.81 bits per heavy atom. The molecule has 0 radical (unpaired) electrons. The van der Waals surface area contributed by atoms with Crippen LogP contribution in [0.5, 0.6) is 0 Å². The number of piperazine rings is 1. The minimum absolute atomic E-state index is 0.167. The van der Waals surface area contributed by atoms with Crippen LogP contribution in [-0.2, 0) is 11.2 Å². The number of aromatic nitrogens is 2. The molecular formula is C19H25FN4OS. The third kappa shape index (κ3) is 4.39. The van der Waals surface area contributed by atoms with Gasteiger partial charge in [0.15, 0.2) is 0 Å². The molecule has 0 spiro atoms. The van der Waals surface area contributed by atoms with Gasteiger partial charge in [-0.25, -0.2) is 9.37 Å². The largest absolute Gasteiger partial charge is 0.381 e. The van der Waals surface area contributed by atoms with E-state index in [4.69, 9.17) is 9.72 Å². The van der Waals surface area contributed by atoms with Crippen molar-refractivity contribution in [2.24, 2.45) is 0 Å². The van der Waals surface area contributed by atoms with Gasteiger partial charge in [-0.3, -0.25) is 4.90 Å². The second kappa shape index (κ2) is 8.41. The fourth-order valence-corrected chi connectivity index (χ4v) is 4.37. The lowest BCUT2D eigenvalue weighted by molar-refractivity contribution is 0.0838. The minimum Gasteiger partial charge on any atom is -0.381 e. The van der Waals surface area contributed by atoms with Crippen molar-refractivity contribution in [3.8, 4) is 0 Å². The zero-order chi connectivity index (χ0) is 17.8. The maximum absolute atomic E-state index is 13.0. The molecule has 3 heterocycles. The molecule has 2 aromatic rings. The number of halogens is 1. The van der Waals surface area contributed by atoms with Crippen molar-refractivity contribution in [2.45, 2.75) is 25.2 Å². The van der Waals surface area contributed by atoms with Crippen LogP contribution in [0.15, 0.2) is 24.3 Å². The van der Waals surface area contributed by atoms with E-state index >= 15 is 0 Å². The lowest BCUT2D eigenvalue weighted by atomic mass is 10.00. The van der Waals surface area contributed by atoms with Gasteiger partial charge in [-0.2, -0.15) is 4.37 Å². The second-order valence-electron chi connectivity index (χ2n) is 7.03. The van der Waals surface area contributed by atoms with E-state index in [2.05, 4.69) is 14.2 Å². The molecule has 7 heteroatoms. The average molecular weight is 377 g/mol. The third-order valence-corrected chi connectivity index (χ3v) is 6.08. The van der Waals surface area contributed by atoms with E-state index in [0.717, 1.165) is 76.2 Å². The average Bonchev–Trinajstić information content (AvgIpc) is 3.19. The summed E-state index contributed by atoms with van der Waals surface area (Å²) in [5, 5.41) is 1.06. The zero-order valence-corrected chi connectivity index (χ0v) is 15.8. The highest BCUT2D eigenvalue weighted by atomic mass is 32.1. The van der Waals surface area contributed by atoms with E-state index < -0.39 is 0 Å². The van der Waals surface area contributed by atoms with Crippen molar-refractivity contribution in [1.82, 2.24) is 14.3 Å². The topological polar surface area (TPSA) is 41.5 Å². The third-order valence-electron chi connectivity index (χ3n) is 5.29. The normalized spacial score (nSPS) is 19.8. The number of rotatable bonds is 5. The lowest BCUT2D eigenvalue weighted by Gasteiger charge is -2.34. The van der Waals surface area contributed by atoms with Crippen molar-refractivity contribution in [3.63, 3.8) is 0 Å². The first kappa shape index (κ1) is 17.8. The molecule has 0 aliphatic carbocycles. The van der Waals surface area contributed by atoms with Crippen molar-refractivity contribution in [1.29, 1.82) is 0 Å². The van der Waals surface area contributed by atoms with Gasteiger partial charge >= 0.3 is 0 Å². The Bertz CT molecular complexity index is 694. The molecule has 0 N–H and O–H groups in total. The van der Waals surface area contributed by atoms with E-state index in [9.17, 15) is 4.39 Å². The van der Waals surface area contributed by atoms with E-state index in [1.807, 2.05) is 12.1 Å². The van der Waals surface area contributed by atoms with Crippen LogP contribution in [0.4, 0.5) is 9.52 Å². The monoisotopic (exact) mass is 376 g/mol. The Morgan fingerprint density at radius 3 is 2.54 bits per heavy atom. The van der Waals surface area contributed by atoms with Crippen LogP contribution in [0, 0.1) is 5.82 Å². The van der Waals surface area contributed by atoms with Crippen LogP contribution >= 0.6 is 11.5 Å². The molecule has 5 nitrogen and oxygen atoms in total. The van der Waals surface area contributed by atoms with E-state index in [0.29, 0.717) is 5.92 Å². The summed E-state index contributed by atoms with van der Waals surface area (Å²) in [4.78, 5) is 9.64. The first-order valence-electron chi connectivity index (χ1n) is 9.41. The van der Waals surface area contributed by atoms with Crippen molar-refractivity contribution < 1.29 is 9.13 Å². The van der Waals surface area contributed by atoms with Crippen LogP contribution in [0.3, 0.4) is 0 Å². The lowest BCUT2D eigenvalue weighted by Crippen LogP contribution is -2.47. The molecule has 0 amide bonds. The Labute approximate surface area is 158 Å². The molecule has 140 valence electrons. The van der Waals surface area contributed by atoms with E-state index in [1.165, 1.54) is 17.1 Å². The van der Waals surface area contributed by atoms with Crippen molar-refractivity contribution in [3.05, 3.63) is 41.5 Å². The molecule has 0 atom stereocenters. The first-order chi connectivity index (χ1) is 12.8. The number of hydrogen-bond acceptors (Lipinski definition) is 6. The maximum atomic E-state index is 13.0. The van der Waals surface area contributed by atoms with Crippen LogP contribution in [-0.4, -0.2) is 60.2 Å². The standard InChI is InChI=1S/C19H25FN4OS/c20-17-3-1-15(2-4-17)5-8-23-9-11-24(12-10-23)19-21-18(22-26-19)16-6-13-25-14-7-16/h1-4,16H,5-14H2. The van der Waals surface area contributed by atoms with Gasteiger partial charge < -0.3 is 9.64 Å². The molecular weight excluding hydrogens is 351 g/mol. The van der Waals surface area contributed by atoms with Crippen LogP contribution in [0.25, 0.3) is 0 Å². The fraction of sp³-hybridized carbons (Fsp3) is 0.579. The Kier molecular flexibility index (Phi) is 5.77. The number of nitrogens with zero attached hydrogens (tertiary/aromatic N) is 4. The Morgan fingerprint density at radius 1 is 1.08 bits per heavy atom. The van der Waals surface area contributed by atoms with Crippen LogP contribution < -0.4 is 4.90 Å². The highest BCUT2D eigenvalue weighted by molar-refractivity contribution is 7.09. The Balaban J connectivity index is 1.25. The predicted molar refractivity (Wildman–Crippen MR) is 101 cm³/mol. The molecule has 26 heavy (non-hydrogen) atoms. The minimum atomic E-state index is -0.167. The second-order valence-corrected chi connectivity index (χ2v) is 7.76. The first-order valence-corrected chi connectivity index (χ1v) is 10.2. The van der Waals surface area contributed by atoms with Crippen LogP contribution in [0.2, 0.25) is 0 Å². The summed E-state index contributed by atoms with van der Waals surface area (Å²) in [7, 11) is 0. The maximum Gasteiger partial charge on any atom is 0.205 e. The molecule has 0 saturated carbocycles. The predicted octanol–water partition coefficient (Wildman–Crippen LogP) is 2.94. The summed E-state index contributed by atoms with van der Waals surface area (Å²) in [6.07, 6.45) is 3.04. The van der Waals surface area contributed by atoms with Gasteiger partial charge in [-0.1, -0.05) is 12.1 Å². The summed E-state index contributed by atoms with van der Waals surface area (Å²) >= 11 is 1.53. The molecule has 0 bridgehead atoms. The number of anilines is 1. The van der Waals surface area contributed by atoms with Gasteiger partial charge in [0, 0.05) is 63.4 Å². The molecule has 1 aromatic carbocycles. The summed E-state index contributed by atoms with van der Waals surface area (Å²) in [6, 6.07) is 6.84. The summed E-state index contributed by atoms with van der Waals surface area (Å²) in [5.41, 5.74) is 1.19. The summed E-state index contributed by atoms with van der Waals surface area (Å²) in [5.74, 6) is 1.30. The SMILES string of the molecule is Fc1ccc(CCN2CCN(c3nc(C4CCOCC4)ns3)CC2)cc1. The molecule has 0 unspecified atom stereocenters. The van der Waals surface area contributed by atoms with Gasteiger partial charge in [0.05, 0.1) is 0 Å². The number of benzene rings is 1. The van der Waals surface area contributed by atoms with E-state index in [-0.39, 0.29) is 5.82 Å². The molecule has 4 rings (SSSR count). The number of hydrogen-bond donors (Lipinski definition) is 0. The van der Waals surface area contributed by atoms with Crippen molar-refractivity contribution >= 4 is 16.7 Å². The van der Waals surface area contributed by atoms with Crippen LogP contribution in [0.1, 0.15) is 30.1 Å². The molecule has 2 fully saturated rings.